The first-order valence-electron chi connectivity index (χ1n) is 8.21. The third-order valence-electron chi connectivity index (χ3n) is 4.35. The van der Waals surface area contributed by atoms with Crippen molar-refractivity contribution in [2.45, 2.75) is 38.0 Å². The molecule has 0 radical (unpaired) electrons. The van der Waals surface area contributed by atoms with E-state index in [0.29, 0.717) is 17.3 Å². The zero-order valence-electron chi connectivity index (χ0n) is 15.0. The Kier molecular flexibility index (Phi) is 5.85. The van der Waals surface area contributed by atoms with Gasteiger partial charge in [-0.3, -0.25) is 9.52 Å². The summed E-state index contributed by atoms with van der Waals surface area (Å²) in [7, 11) is -1.98. The van der Waals surface area contributed by atoms with Crippen LogP contribution in [0.5, 0.6) is 0 Å². The normalized spacial score (nSPS) is 12.5. The highest BCUT2D eigenvalue weighted by molar-refractivity contribution is 7.92. The second-order valence-corrected chi connectivity index (χ2v) is 7.79. The van der Waals surface area contributed by atoms with Crippen LogP contribution in [0.3, 0.4) is 0 Å². The molecule has 25 heavy (non-hydrogen) atoms. The largest absolute Gasteiger partial charge is 0.316 e. The maximum Gasteiger partial charge on any atom is 0.261 e. The van der Waals surface area contributed by atoms with Crippen molar-refractivity contribution in [3.8, 4) is 0 Å². The molecule has 0 bridgehead atoms. The average Bonchev–Trinajstić information content (AvgIpc) is 2.60. The molecule has 1 N–H and O–H groups in total. The number of nitrogens with zero attached hydrogens (tertiary/aromatic N) is 1. The summed E-state index contributed by atoms with van der Waals surface area (Å²) in [6.07, 6.45) is 1.01. The summed E-state index contributed by atoms with van der Waals surface area (Å²) in [6, 6.07) is 13.6. The van der Waals surface area contributed by atoms with Crippen LogP contribution in [0, 0.1) is 0 Å². The van der Waals surface area contributed by atoms with Crippen molar-refractivity contribution in [2.24, 2.45) is 0 Å². The van der Waals surface area contributed by atoms with E-state index in [1.807, 2.05) is 12.1 Å². The fourth-order valence-electron chi connectivity index (χ4n) is 2.36. The van der Waals surface area contributed by atoms with E-state index in [1.165, 1.54) is 11.8 Å². The molecule has 1 atom stereocenters. The van der Waals surface area contributed by atoms with E-state index < -0.39 is 10.0 Å². The molecule has 0 saturated heterocycles. The Balaban J connectivity index is 2.17. The zero-order valence-corrected chi connectivity index (χ0v) is 15.8. The summed E-state index contributed by atoms with van der Waals surface area (Å²) in [5.74, 6) is 0.310. The first-order valence-corrected chi connectivity index (χ1v) is 9.70. The minimum atomic E-state index is -3.64. The SMILES string of the molecule is CC[C@@H](C)c1ccc(S(=O)(=O)Nc2ccc(N(C)C(C)=O)cc2)cc1. The summed E-state index contributed by atoms with van der Waals surface area (Å²) < 4.78 is 27.6. The van der Waals surface area contributed by atoms with E-state index in [1.54, 1.807) is 43.4 Å². The fourth-order valence-corrected chi connectivity index (χ4v) is 3.42. The molecule has 0 aromatic heterocycles. The summed E-state index contributed by atoms with van der Waals surface area (Å²) >= 11 is 0. The van der Waals surface area contributed by atoms with Gasteiger partial charge in [0.1, 0.15) is 0 Å². The van der Waals surface area contributed by atoms with Gasteiger partial charge in [-0.1, -0.05) is 26.0 Å². The third-order valence-corrected chi connectivity index (χ3v) is 5.75. The van der Waals surface area contributed by atoms with E-state index in [2.05, 4.69) is 18.6 Å². The zero-order chi connectivity index (χ0) is 18.6. The van der Waals surface area contributed by atoms with Gasteiger partial charge in [-0.05, 0) is 54.3 Å². The molecule has 0 heterocycles. The van der Waals surface area contributed by atoms with Gasteiger partial charge in [0.05, 0.1) is 4.90 Å². The van der Waals surface area contributed by atoms with Crippen LogP contribution in [-0.2, 0) is 14.8 Å². The van der Waals surface area contributed by atoms with Crippen molar-refractivity contribution in [3.05, 3.63) is 54.1 Å². The lowest BCUT2D eigenvalue weighted by Crippen LogP contribution is -2.22. The second-order valence-electron chi connectivity index (χ2n) is 6.11. The lowest BCUT2D eigenvalue weighted by atomic mass is 9.99. The van der Waals surface area contributed by atoms with Crippen LogP contribution in [0.25, 0.3) is 0 Å². The van der Waals surface area contributed by atoms with Gasteiger partial charge in [0.25, 0.3) is 10.0 Å². The Labute approximate surface area is 149 Å². The number of carbonyl (C=O) groups excluding carboxylic acids is 1. The number of rotatable bonds is 6. The van der Waals surface area contributed by atoms with Gasteiger partial charge in [0, 0.05) is 25.3 Å². The molecule has 0 saturated carbocycles. The Morgan fingerprint density at radius 2 is 1.64 bits per heavy atom. The predicted molar refractivity (Wildman–Crippen MR) is 101 cm³/mol. The number of amides is 1. The lowest BCUT2D eigenvalue weighted by Gasteiger charge is -2.16. The minimum Gasteiger partial charge on any atom is -0.316 e. The highest BCUT2D eigenvalue weighted by Gasteiger charge is 2.15. The van der Waals surface area contributed by atoms with Crippen molar-refractivity contribution in [3.63, 3.8) is 0 Å². The van der Waals surface area contributed by atoms with Crippen LogP contribution in [0.15, 0.2) is 53.4 Å². The monoisotopic (exact) mass is 360 g/mol. The molecular formula is C19H24N2O3S. The molecule has 6 heteroatoms. The van der Waals surface area contributed by atoms with Gasteiger partial charge in [-0.25, -0.2) is 8.42 Å². The topological polar surface area (TPSA) is 66.5 Å². The van der Waals surface area contributed by atoms with Gasteiger partial charge >= 0.3 is 0 Å². The molecule has 0 spiro atoms. The summed E-state index contributed by atoms with van der Waals surface area (Å²) in [6.45, 7) is 5.69. The number of hydrogen-bond donors (Lipinski definition) is 1. The molecule has 2 aromatic rings. The van der Waals surface area contributed by atoms with Gasteiger partial charge < -0.3 is 4.90 Å². The van der Waals surface area contributed by atoms with E-state index >= 15 is 0 Å². The molecule has 0 aliphatic heterocycles. The molecule has 2 rings (SSSR count). The minimum absolute atomic E-state index is 0.0882. The van der Waals surface area contributed by atoms with Gasteiger partial charge in [-0.15, -0.1) is 0 Å². The maximum absolute atomic E-state index is 12.5. The fraction of sp³-hybridized carbons (Fsp3) is 0.316. The van der Waals surface area contributed by atoms with Crippen molar-refractivity contribution in [2.75, 3.05) is 16.7 Å². The molecule has 0 aliphatic carbocycles. The number of anilines is 2. The van der Waals surface area contributed by atoms with Crippen LogP contribution in [0.1, 0.15) is 38.7 Å². The van der Waals surface area contributed by atoms with Crippen molar-refractivity contribution >= 4 is 27.3 Å². The Morgan fingerprint density at radius 3 is 2.12 bits per heavy atom. The van der Waals surface area contributed by atoms with Crippen LogP contribution in [-0.4, -0.2) is 21.4 Å². The molecule has 0 unspecified atom stereocenters. The quantitative estimate of drug-likeness (QED) is 0.847. The first kappa shape index (κ1) is 19.0. The van der Waals surface area contributed by atoms with Crippen LogP contribution in [0.2, 0.25) is 0 Å². The molecule has 0 fully saturated rings. The number of benzene rings is 2. The number of carbonyl (C=O) groups is 1. The molecule has 0 aliphatic rings. The maximum atomic E-state index is 12.5. The van der Waals surface area contributed by atoms with Gasteiger partial charge in [0.15, 0.2) is 0 Å². The Morgan fingerprint density at radius 1 is 1.08 bits per heavy atom. The molecule has 134 valence electrons. The predicted octanol–water partition coefficient (Wildman–Crippen LogP) is 3.98. The van der Waals surface area contributed by atoms with E-state index in [4.69, 9.17) is 0 Å². The molecule has 5 nitrogen and oxygen atoms in total. The Bertz CT molecular complexity index is 828. The summed E-state index contributed by atoms with van der Waals surface area (Å²) in [4.78, 5) is 13.1. The standard InChI is InChI=1S/C19H24N2O3S/c1-5-14(2)16-6-12-19(13-7-16)25(23,24)20-17-8-10-18(11-9-17)21(4)15(3)22/h6-14,20H,5H2,1-4H3/t14-/m1/s1. The van der Waals surface area contributed by atoms with Crippen LogP contribution >= 0.6 is 0 Å². The van der Waals surface area contributed by atoms with Gasteiger partial charge in [0.2, 0.25) is 5.91 Å². The van der Waals surface area contributed by atoms with E-state index in [9.17, 15) is 13.2 Å². The second kappa shape index (κ2) is 7.70. The van der Waals surface area contributed by atoms with Gasteiger partial charge in [-0.2, -0.15) is 0 Å². The smallest absolute Gasteiger partial charge is 0.261 e. The number of sulfonamides is 1. The average molecular weight is 360 g/mol. The first-order chi connectivity index (χ1) is 11.7. The molecule has 1 amide bonds. The third kappa shape index (κ3) is 4.60. The van der Waals surface area contributed by atoms with Crippen molar-refractivity contribution in [1.82, 2.24) is 0 Å². The number of nitrogens with one attached hydrogen (secondary N) is 1. The number of hydrogen-bond acceptors (Lipinski definition) is 3. The van der Waals surface area contributed by atoms with E-state index in [0.717, 1.165) is 12.0 Å². The molecular weight excluding hydrogens is 336 g/mol. The highest BCUT2D eigenvalue weighted by Crippen LogP contribution is 2.23. The highest BCUT2D eigenvalue weighted by atomic mass is 32.2. The molecule has 2 aromatic carbocycles. The van der Waals surface area contributed by atoms with Crippen molar-refractivity contribution < 1.29 is 13.2 Å². The van der Waals surface area contributed by atoms with E-state index in [-0.39, 0.29) is 10.8 Å². The summed E-state index contributed by atoms with van der Waals surface area (Å²) in [5.41, 5.74) is 2.28. The van der Waals surface area contributed by atoms with Crippen molar-refractivity contribution in [1.29, 1.82) is 0 Å². The lowest BCUT2D eigenvalue weighted by molar-refractivity contribution is -0.116. The van der Waals surface area contributed by atoms with Crippen LogP contribution in [0.4, 0.5) is 11.4 Å². The Hall–Kier alpha value is -2.34. The summed E-state index contributed by atoms with van der Waals surface area (Å²) in [5, 5.41) is 0. The van der Waals surface area contributed by atoms with Crippen LogP contribution < -0.4 is 9.62 Å².